The highest BCUT2D eigenvalue weighted by molar-refractivity contribution is 5.84. The van der Waals surface area contributed by atoms with Gasteiger partial charge in [0.05, 0.1) is 0 Å². The molecule has 1 fully saturated rings. The maximum atomic E-state index is 12.0. The van der Waals surface area contributed by atoms with Gasteiger partial charge in [-0.25, -0.2) is 9.59 Å². The Kier molecular flexibility index (Phi) is 4.04. The van der Waals surface area contributed by atoms with Gasteiger partial charge >= 0.3 is 12.1 Å². The van der Waals surface area contributed by atoms with Crippen LogP contribution in [0.3, 0.4) is 0 Å². The first-order valence-corrected chi connectivity index (χ1v) is 6.23. The molecule has 0 saturated carbocycles. The summed E-state index contributed by atoms with van der Waals surface area (Å²) in [5.74, 6) is -0.370. The molecule has 1 saturated heterocycles. The number of esters is 1. The zero-order valence-electron chi connectivity index (χ0n) is 11.0. The molecule has 0 N–H and O–H groups in total. The average molecular weight is 263 g/mol. The molecule has 1 heterocycles. The van der Waals surface area contributed by atoms with Crippen LogP contribution in [-0.2, 0) is 20.9 Å². The molecular weight excluding hydrogens is 246 g/mol. The third-order valence-corrected chi connectivity index (χ3v) is 2.99. The fourth-order valence-corrected chi connectivity index (χ4v) is 2.03. The predicted molar refractivity (Wildman–Crippen MR) is 68.1 cm³/mol. The van der Waals surface area contributed by atoms with E-state index in [4.69, 9.17) is 9.47 Å². The number of carbonyl (C=O) groups excluding carboxylic acids is 2. The van der Waals surface area contributed by atoms with Gasteiger partial charge < -0.3 is 9.47 Å². The lowest BCUT2D eigenvalue weighted by molar-refractivity contribution is -0.139. The van der Waals surface area contributed by atoms with Crippen molar-refractivity contribution in [1.29, 1.82) is 0 Å². The highest BCUT2D eigenvalue weighted by Crippen LogP contribution is 2.20. The zero-order valence-corrected chi connectivity index (χ0v) is 11.0. The number of hydrogen-bond donors (Lipinski definition) is 0. The summed E-state index contributed by atoms with van der Waals surface area (Å²) in [6.45, 7) is 3.90. The van der Waals surface area contributed by atoms with Gasteiger partial charge in [0.25, 0.3) is 0 Å². The van der Waals surface area contributed by atoms with Crippen LogP contribution >= 0.6 is 0 Å². The van der Waals surface area contributed by atoms with Gasteiger partial charge in [0.1, 0.15) is 12.6 Å². The molecule has 0 aliphatic carbocycles. The second-order valence-corrected chi connectivity index (χ2v) is 4.79. The number of rotatable bonds is 3. The van der Waals surface area contributed by atoms with E-state index in [-0.39, 0.29) is 25.2 Å². The molecule has 5 nitrogen and oxygen atoms in total. The lowest BCUT2D eigenvalue weighted by Crippen LogP contribution is -2.41. The van der Waals surface area contributed by atoms with Crippen molar-refractivity contribution in [1.82, 2.24) is 4.90 Å². The molecule has 2 rings (SSSR count). The van der Waals surface area contributed by atoms with E-state index in [1.165, 1.54) is 4.90 Å². The van der Waals surface area contributed by atoms with Gasteiger partial charge in [-0.05, 0) is 11.5 Å². The zero-order chi connectivity index (χ0) is 13.8. The number of cyclic esters (lactones) is 1. The van der Waals surface area contributed by atoms with Crippen LogP contribution in [0.2, 0.25) is 0 Å². The van der Waals surface area contributed by atoms with Gasteiger partial charge in [0, 0.05) is 0 Å². The summed E-state index contributed by atoms with van der Waals surface area (Å²) >= 11 is 0. The Bertz CT molecular complexity index is 458. The van der Waals surface area contributed by atoms with Crippen LogP contribution < -0.4 is 0 Å². The minimum Gasteiger partial charge on any atom is -0.444 e. The van der Waals surface area contributed by atoms with Gasteiger partial charge in [0.2, 0.25) is 0 Å². The first-order chi connectivity index (χ1) is 9.09. The van der Waals surface area contributed by atoms with Gasteiger partial charge in [-0.2, -0.15) is 0 Å². The van der Waals surface area contributed by atoms with E-state index >= 15 is 0 Å². The van der Waals surface area contributed by atoms with E-state index in [0.29, 0.717) is 0 Å². The summed E-state index contributed by atoms with van der Waals surface area (Å²) in [4.78, 5) is 24.8. The fraction of sp³-hybridized carbons (Fsp3) is 0.429. The molecule has 0 aromatic heterocycles. The molecule has 0 radical (unpaired) electrons. The standard InChI is InChI=1S/C14H17NO4/c1-10(2)12-13(16)19-9-15(12)14(17)18-8-11-6-4-3-5-7-11/h3-7,10,12H,8-9H2,1-2H3/t12-/m0/s1. The van der Waals surface area contributed by atoms with E-state index in [1.807, 2.05) is 44.2 Å². The van der Waals surface area contributed by atoms with Gasteiger partial charge in [0.15, 0.2) is 6.73 Å². The third kappa shape index (κ3) is 3.05. The highest BCUT2D eigenvalue weighted by Gasteiger charge is 2.40. The van der Waals surface area contributed by atoms with Gasteiger partial charge in [-0.15, -0.1) is 0 Å². The predicted octanol–water partition coefficient (Wildman–Crippen LogP) is 2.16. The van der Waals surface area contributed by atoms with Crippen molar-refractivity contribution in [2.75, 3.05) is 6.73 Å². The van der Waals surface area contributed by atoms with Crippen LogP contribution in [0.4, 0.5) is 4.79 Å². The van der Waals surface area contributed by atoms with E-state index in [1.54, 1.807) is 0 Å². The Labute approximate surface area is 112 Å². The van der Waals surface area contributed by atoms with Crippen LogP contribution in [0.5, 0.6) is 0 Å². The largest absolute Gasteiger partial charge is 0.444 e. The van der Waals surface area contributed by atoms with Crippen molar-refractivity contribution >= 4 is 12.1 Å². The monoisotopic (exact) mass is 263 g/mol. The fourth-order valence-electron chi connectivity index (χ4n) is 2.03. The molecule has 1 aromatic carbocycles. The molecule has 0 unspecified atom stereocenters. The van der Waals surface area contributed by atoms with Crippen LogP contribution in [0.15, 0.2) is 30.3 Å². The molecule has 102 valence electrons. The lowest BCUT2D eigenvalue weighted by Gasteiger charge is -2.22. The van der Waals surface area contributed by atoms with Crippen LogP contribution in [0.25, 0.3) is 0 Å². The van der Waals surface area contributed by atoms with Crippen molar-refractivity contribution in [3.05, 3.63) is 35.9 Å². The van der Waals surface area contributed by atoms with E-state index in [2.05, 4.69) is 0 Å². The maximum Gasteiger partial charge on any atom is 0.413 e. The summed E-state index contributed by atoms with van der Waals surface area (Å²) in [5.41, 5.74) is 0.906. The minimum atomic E-state index is -0.553. The Morgan fingerprint density at radius 3 is 2.74 bits per heavy atom. The molecule has 1 aliphatic heterocycles. The second-order valence-electron chi connectivity index (χ2n) is 4.79. The molecule has 1 aromatic rings. The number of carbonyl (C=O) groups is 2. The minimum absolute atomic E-state index is 0.000671. The number of hydrogen-bond acceptors (Lipinski definition) is 4. The Balaban J connectivity index is 1.95. The smallest absolute Gasteiger partial charge is 0.413 e. The summed E-state index contributed by atoms with van der Waals surface area (Å²) < 4.78 is 10.1. The van der Waals surface area contributed by atoms with Gasteiger partial charge in [-0.1, -0.05) is 44.2 Å². The summed E-state index contributed by atoms with van der Waals surface area (Å²) in [6.07, 6.45) is -0.520. The van der Waals surface area contributed by atoms with Crippen molar-refractivity contribution in [2.45, 2.75) is 26.5 Å². The topological polar surface area (TPSA) is 55.8 Å². The second kappa shape index (κ2) is 5.73. The Hall–Kier alpha value is -2.04. The number of nitrogens with zero attached hydrogens (tertiary/aromatic N) is 1. The summed E-state index contributed by atoms with van der Waals surface area (Å²) in [6, 6.07) is 8.85. The van der Waals surface area contributed by atoms with Crippen molar-refractivity contribution in [3.63, 3.8) is 0 Å². The molecule has 0 spiro atoms. The molecule has 19 heavy (non-hydrogen) atoms. The van der Waals surface area contributed by atoms with E-state index in [0.717, 1.165) is 5.56 Å². The first kappa shape index (κ1) is 13.4. The van der Waals surface area contributed by atoms with E-state index in [9.17, 15) is 9.59 Å². The van der Waals surface area contributed by atoms with E-state index < -0.39 is 12.1 Å². The summed E-state index contributed by atoms with van der Waals surface area (Å²) in [7, 11) is 0. The maximum absolute atomic E-state index is 12.0. The SMILES string of the molecule is CC(C)[C@H]1C(=O)OCN1C(=O)OCc1ccccc1. The summed E-state index contributed by atoms with van der Waals surface area (Å²) in [5, 5.41) is 0. The molecule has 1 atom stereocenters. The highest BCUT2D eigenvalue weighted by atomic mass is 16.6. The third-order valence-electron chi connectivity index (χ3n) is 2.99. The van der Waals surface area contributed by atoms with Crippen LogP contribution in [0.1, 0.15) is 19.4 Å². The first-order valence-electron chi connectivity index (χ1n) is 6.23. The average Bonchev–Trinajstić information content (AvgIpc) is 2.79. The number of amides is 1. The van der Waals surface area contributed by atoms with Crippen LogP contribution in [-0.4, -0.2) is 29.7 Å². The molecule has 5 heteroatoms. The number of ether oxygens (including phenoxy) is 2. The number of benzene rings is 1. The Morgan fingerprint density at radius 1 is 1.42 bits per heavy atom. The molecule has 0 bridgehead atoms. The lowest BCUT2D eigenvalue weighted by atomic mass is 10.0. The van der Waals surface area contributed by atoms with Crippen molar-refractivity contribution in [3.8, 4) is 0 Å². The van der Waals surface area contributed by atoms with Crippen molar-refractivity contribution < 1.29 is 19.1 Å². The van der Waals surface area contributed by atoms with Gasteiger partial charge in [-0.3, -0.25) is 4.90 Å². The quantitative estimate of drug-likeness (QED) is 0.784. The molecular formula is C14H17NO4. The normalized spacial score (nSPS) is 18.6. The Morgan fingerprint density at radius 2 is 2.11 bits per heavy atom. The molecule has 1 amide bonds. The van der Waals surface area contributed by atoms with Crippen LogP contribution in [0, 0.1) is 5.92 Å². The van der Waals surface area contributed by atoms with Crippen molar-refractivity contribution in [2.24, 2.45) is 5.92 Å². The molecule has 1 aliphatic rings.